The average molecular weight is 492 g/mol. The second-order valence-corrected chi connectivity index (χ2v) is 7.71. The zero-order valence-corrected chi connectivity index (χ0v) is 19.1. The van der Waals surface area contributed by atoms with Crippen LogP contribution in [0.2, 0.25) is 0 Å². The van der Waals surface area contributed by atoms with Gasteiger partial charge in [0.25, 0.3) is 0 Å². The van der Waals surface area contributed by atoms with Crippen LogP contribution in [-0.2, 0) is 17.8 Å². The third kappa shape index (κ3) is 6.69. The monoisotopic (exact) mass is 491 g/mol. The summed E-state index contributed by atoms with van der Waals surface area (Å²) in [5, 5.41) is 13.3. The predicted octanol–water partition coefficient (Wildman–Crippen LogP) is 4.99. The van der Waals surface area contributed by atoms with Crippen molar-refractivity contribution in [2.75, 3.05) is 6.61 Å². The molecule has 7 heteroatoms. The van der Waals surface area contributed by atoms with Gasteiger partial charge in [-0.3, -0.25) is 4.79 Å². The first kappa shape index (κ1) is 23.0. The summed E-state index contributed by atoms with van der Waals surface area (Å²) in [6, 6.07) is 22.4. The van der Waals surface area contributed by atoms with E-state index in [-0.39, 0.29) is 18.9 Å². The maximum atomic E-state index is 12.1. The number of nitriles is 1. The van der Waals surface area contributed by atoms with Gasteiger partial charge in [0, 0.05) is 10.0 Å². The summed E-state index contributed by atoms with van der Waals surface area (Å²) in [6.45, 7) is 2.61. The van der Waals surface area contributed by atoms with Crippen LogP contribution >= 0.6 is 15.9 Å². The smallest absolute Gasteiger partial charge is 0.244 e. The molecule has 0 spiro atoms. The van der Waals surface area contributed by atoms with Crippen molar-refractivity contribution in [3.8, 4) is 17.6 Å². The molecule has 0 radical (unpaired) electrons. The minimum atomic E-state index is -0.204. The van der Waals surface area contributed by atoms with Crippen LogP contribution in [0.1, 0.15) is 29.2 Å². The fraction of sp³-hybridized carbons (Fsp3) is 0.160. The Kier molecular flexibility index (Phi) is 8.41. The highest BCUT2D eigenvalue weighted by atomic mass is 79.9. The molecular weight excluding hydrogens is 470 g/mol. The molecule has 6 nitrogen and oxygen atoms in total. The largest absolute Gasteiger partial charge is 0.490 e. The van der Waals surface area contributed by atoms with E-state index in [9.17, 15) is 10.1 Å². The van der Waals surface area contributed by atoms with E-state index in [0.717, 1.165) is 21.2 Å². The summed E-state index contributed by atoms with van der Waals surface area (Å²) in [7, 11) is 0. The van der Waals surface area contributed by atoms with E-state index in [1.807, 2.05) is 55.5 Å². The van der Waals surface area contributed by atoms with Crippen molar-refractivity contribution in [1.82, 2.24) is 5.43 Å². The normalized spacial score (nSPS) is 10.5. The van der Waals surface area contributed by atoms with Crippen LogP contribution in [0.3, 0.4) is 0 Å². The van der Waals surface area contributed by atoms with Gasteiger partial charge in [0.15, 0.2) is 11.5 Å². The second-order valence-electron chi connectivity index (χ2n) is 6.79. The number of amides is 1. The molecule has 162 valence electrons. The zero-order chi connectivity index (χ0) is 22.8. The Morgan fingerprint density at radius 3 is 2.62 bits per heavy atom. The highest BCUT2D eigenvalue weighted by Crippen LogP contribution is 2.29. The number of carbonyl (C=O) groups is 1. The van der Waals surface area contributed by atoms with Gasteiger partial charge in [0.1, 0.15) is 6.61 Å². The molecule has 3 rings (SSSR count). The summed E-state index contributed by atoms with van der Waals surface area (Å²) < 4.78 is 12.6. The SMILES string of the molecule is CCOc1cc(/C=N/NC(=O)Cc2ccc(Br)cc2)ccc1OCc1ccccc1C#N. The van der Waals surface area contributed by atoms with Crippen molar-refractivity contribution in [3.05, 3.63) is 93.5 Å². The molecule has 0 aliphatic carbocycles. The highest BCUT2D eigenvalue weighted by Gasteiger charge is 2.08. The van der Waals surface area contributed by atoms with Crippen LogP contribution in [0.15, 0.2) is 76.3 Å². The Bertz CT molecular complexity index is 1140. The lowest BCUT2D eigenvalue weighted by Crippen LogP contribution is -2.19. The Labute approximate surface area is 195 Å². The molecule has 1 N–H and O–H groups in total. The van der Waals surface area contributed by atoms with Gasteiger partial charge < -0.3 is 9.47 Å². The van der Waals surface area contributed by atoms with Crippen molar-refractivity contribution < 1.29 is 14.3 Å². The number of halogens is 1. The molecule has 0 heterocycles. The molecule has 0 saturated heterocycles. The number of carbonyl (C=O) groups excluding carboxylic acids is 1. The van der Waals surface area contributed by atoms with Crippen molar-refractivity contribution >= 4 is 28.1 Å². The Morgan fingerprint density at radius 2 is 1.88 bits per heavy atom. The fourth-order valence-electron chi connectivity index (χ4n) is 2.91. The van der Waals surface area contributed by atoms with Crippen molar-refractivity contribution in [2.24, 2.45) is 5.10 Å². The predicted molar refractivity (Wildman–Crippen MR) is 127 cm³/mol. The van der Waals surface area contributed by atoms with E-state index in [2.05, 4.69) is 32.5 Å². The third-order valence-corrected chi connectivity index (χ3v) is 5.00. The molecule has 0 aliphatic rings. The molecule has 0 bridgehead atoms. The lowest BCUT2D eigenvalue weighted by atomic mass is 10.1. The summed E-state index contributed by atoms with van der Waals surface area (Å²) in [4.78, 5) is 12.1. The number of nitrogens with one attached hydrogen (secondary N) is 1. The van der Waals surface area contributed by atoms with Gasteiger partial charge >= 0.3 is 0 Å². The van der Waals surface area contributed by atoms with E-state index < -0.39 is 0 Å². The average Bonchev–Trinajstić information content (AvgIpc) is 2.80. The summed E-state index contributed by atoms with van der Waals surface area (Å²) in [6.07, 6.45) is 1.79. The fourth-order valence-corrected chi connectivity index (χ4v) is 3.17. The van der Waals surface area contributed by atoms with Crippen LogP contribution in [0, 0.1) is 11.3 Å². The first-order chi connectivity index (χ1) is 15.6. The van der Waals surface area contributed by atoms with E-state index in [1.165, 1.54) is 0 Å². The standard InChI is InChI=1S/C25H22BrN3O3/c1-2-31-24-13-19(16-28-29-25(30)14-18-7-10-22(26)11-8-18)9-12-23(24)32-17-21-6-4-3-5-20(21)15-27/h3-13,16H,2,14,17H2,1H3,(H,29,30)/b28-16+. The minimum Gasteiger partial charge on any atom is -0.490 e. The molecule has 0 aliphatic heterocycles. The Morgan fingerprint density at radius 1 is 1.09 bits per heavy atom. The zero-order valence-electron chi connectivity index (χ0n) is 17.5. The van der Waals surface area contributed by atoms with E-state index >= 15 is 0 Å². The van der Waals surface area contributed by atoms with Crippen molar-refractivity contribution in [2.45, 2.75) is 20.0 Å². The van der Waals surface area contributed by atoms with Crippen LogP contribution in [0.25, 0.3) is 0 Å². The van der Waals surface area contributed by atoms with Gasteiger partial charge in [0.05, 0.1) is 30.9 Å². The van der Waals surface area contributed by atoms with Gasteiger partial charge in [-0.15, -0.1) is 0 Å². The number of ether oxygens (including phenoxy) is 2. The van der Waals surface area contributed by atoms with Gasteiger partial charge in [0.2, 0.25) is 5.91 Å². The molecule has 1 amide bonds. The summed E-state index contributed by atoms with van der Waals surface area (Å²) in [5.74, 6) is 0.924. The second kappa shape index (κ2) is 11.7. The molecular formula is C25H22BrN3O3. The molecule has 0 saturated carbocycles. The molecule has 32 heavy (non-hydrogen) atoms. The molecule has 0 unspecified atom stereocenters. The molecule has 0 fully saturated rings. The topological polar surface area (TPSA) is 83.7 Å². The maximum absolute atomic E-state index is 12.1. The van der Waals surface area contributed by atoms with Crippen LogP contribution in [-0.4, -0.2) is 18.7 Å². The number of nitrogens with zero attached hydrogens (tertiary/aromatic N) is 2. The molecule has 3 aromatic rings. The van der Waals surface area contributed by atoms with Gasteiger partial charge in [-0.1, -0.05) is 46.3 Å². The molecule has 3 aromatic carbocycles. The van der Waals surface area contributed by atoms with Crippen molar-refractivity contribution in [1.29, 1.82) is 5.26 Å². The first-order valence-electron chi connectivity index (χ1n) is 10.0. The van der Waals surface area contributed by atoms with Crippen molar-refractivity contribution in [3.63, 3.8) is 0 Å². The van der Waals surface area contributed by atoms with Gasteiger partial charge in [-0.25, -0.2) is 5.43 Å². The van der Waals surface area contributed by atoms with Gasteiger partial charge in [-0.05, 0) is 54.4 Å². The van der Waals surface area contributed by atoms with Gasteiger partial charge in [-0.2, -0.15) is 10.4 Å². The quantitative estimate of drug-likeness (QED) is 0.337. The number of hydrogen-bond donors (Lipinski definition) is 1. The summed E-state index contributed by atoms with van der Waals surface area (Å²) >= 11 is 3.37. The number of rotatable bonds is 9. The third-order valence-electron chi connectivity index (χ3n) is 4.47. The Hall–Kier alpha value is -3.63. The molecule has 0 atom stereocenters. The van der Waals surface area contributed by atoms with Crippen LogP contribution in [0.4, 0.5) is 0 Å². The first-order valence-corrected chi connectivity index (χ1v) is 10.8. The maximum Gasteiger partial charge on any atom is 0.244 e. The lowest BCUT2D eigenvalue weighted by Gasteiger charge is -2.13. The van der Waals surface area contributed by atoms with Crippen LogP contribution < -0.4 is 14.9 Å². The highest BCUT2D eigenvalue weighted by molar-refractivity contribution is 9.10. The summed E-state index contributed by atoms with van der Waals surface area (Å²) in [5.41, 5.74) is 5.57. The number of hydrazone groups is 1. The molecule has 0 aromatic heterocycles. The van der Waals surface area contributed by atoms with Crippen LogP contribution in [0.5, 0.6) is 11.5 Å². The number of hydrogen-bond acceptors (Lipinski definition) is 5. The van der Waals surface area contributed by atoms with E-state index in [1.54, 1.807) is 24.4 Å². The van der Waals surface area contributed by atoms with E-state index in [0.29, 0.717) is 23.7 Å². The Balaban J connectivity index is 1.62. The lowest BCUT2D eigenvalue weighted by molar-refractivity contribution is -0.120. The minimum absolute atomic E-state index is 0.204. The van der Waals surface area contributed by atoms with E-state index in [4.69, 9.17) is 9.47 Å². The number of benzene rings is 3.